The Morgan fingerprint density at radius 3 is 1.77 bits per heavy atom. The van der Waals surface area contributed by atoms with E-state index in [1.807, 2.05) is 13.8 Å². The number of hydrazine groups is 1. The Bertz CT molecular complexity index is 2540. The molecule has 10 N–H and O–H groups in total. The number of hydrogen-bond donors (Lipinski definition) is 10. The Balaban J connectivity index is 1.93. The molecule has 22 nitrogen and oxygen atoms in total. The standard InChI is InChI=1S/C56H80N10O12/c1-12-14-29-78-43-25-19-18-23-38(43)48(68)62-45(33(5)6)53(73)60-40(24-20-28-58-55(75)56(76)59-37-26-27-42(77-11)39(31-37)49(69)66-65-47(67)34(7)8)50(70)61-41(30-36-21-16-15-17-22-36)51(71)64-46(35(9)13-2)54(74)63-44(32(3)4)52(72)57-10/h15-19,21-23,25-27,31-35,40-41,44-46H,12-14,20,24,28-30H2,1-11H3,(H,57,72)(H,58,75)(H,59,76)(H,60,73)(H,61,70)(H,62,68)(H,63,74)(H,64,71)(H,65,67)(H,66,69)/t35-,40-,41-,44-,45-,46-/m0/s1. The van der Waals surface area contributed by atoms with Crippen LogP contribution in [-0.4, -0.2) is 117 Å². The monoisotopic (exact) mass is 1080 g/mol. The van der Waals surface area contributed by atoms with Gasteiger partial charge >= 0.3 is 11.8 Å². The zero-order chi connectivity index (χ0) is 58.1. The quantitative estimate of drug-likeness (QED) is 0.0272. The van der Waals surface area contributed by atoms with Crippen LogP contribution in [0.3, 0.4) is 0 Å². The van der Waals surface area contributed by atoms with E-state index in [4.69, 9.17) is 9.47 Å². The van der Waals surface area contributed by atoms with E-state index in [9.17, 15) is 47.9 Å². The van der Waals surface area contributed by atoms with E-state index in [-0.39, 0.29) is 54.3 Å². The summed E-state index contributed by atoms with van der Waals surface area (Å²) in [7, 11) is 2.78. The van der Waals surface area contributed by atoms with Gasteiger partial charge in [0.15, 0.2) is 0 Å². The van der Waals surface area contributed by atoms with Crippen molar-refractivity contribution in [1.29, 1.82) is 0 Å². The number of benzene rings is 3. The zero-order valence-corrected chi connectivity index (χ0v) is 46.7. The first-order chi connectivity index (χ1) is 37.1. The number of amides is 10. The maximum Gasteiger partial charge on any atom is 0.313 e. The van der Waals surface area contributed by atoms with Crippen LogP contribution in [0.4, 0.5) is 5.69 Å². The van der Waals surface area contributed by atoms with E-state index in [1.54, 1.807) is 103 Å². The summed E-state index contributed by atoms with van der Waals surface area (Å²) in [4.78, 5) is 135. The van der Waals surface area contributed by atoms with E-state index in [0.29, 0.717) is 24.3 Å². The third kappa shape index (κ3) is 20.2. The fourth-order valence-electron chi connectivity index (χ4n) is 7.68. The number of ether oxygens (including phenoxy) is 2. The maximum absolute atomic E-state index is 14.6. The first-order valence-corrected chi connectivity index (χ1v) is 26.4. The molecule has 3 aromatic rings. The highest BCUT2D eigenvalue weighted by Gasteiger charge is 2.35. The van der Waals surface area contributed by atoms with Gasteiger partial charge in [0, 0.05) is 31.6 Å². The topological polar surface area (TPSA) is 309 Å². The van der Waals surface area contributed by atoms with Gasteiger partial charge in [-0.3, -0.25) is 58.8 Å². The molecular formula is C56H80N10O12. The molecule has 0 fully saturated rings. The lowest BCUT2D eigenvalue weighted by Crippen LogP contribution is -2.61. The summed E-state index contributed by atoms with van der Waals surface area (Å²) >= 11 is 0. The number of unbranched alkanes of at least 4 members (excludes halogenated alkanes) is 1. The molecule has 0 saturated heterocycles. The molecule has 0 aliphatic rings. The smallest absolute Gasteiger partial charge is 0.313 e. The van der Waals surface area contributed by atoms with Crippen molar-refractivity contribution in [2.45, 2.75) is 131 Å². The van der Waals surface area contributed by atoms with Crippen LogP contribution in [0.1, 0.15) is 121 Å². The van der Waals surface area contributed by atoms with Crippen LogP contribution < -0.4 is 62.9 Å². The molecular weight excluding hydrogens is 1000 g/mol. The summed E-state index contributed by atoms with van der Waals surface area (Å²) in [6.07, 6.45) is 1.85. The number of rotatable bonds is 29. The lowest BCUT2D eigenvalue weighted by atomic mass is 9.95. The van der Waals surface area contributed by atoms with Gasteiger partial charge in [-0.2, -0.15) is 0 Å². The highest BCUT2D eigenvalue weighted by Crippen LogP contribution is 2.23. The van der Waals surface area contributed by atoms with Gasteiger partial charge in [-0.05, 0) is 72.9 Å². The second-order valence-electron chi connectivity index (χ2n) is 19.8. The lowest BCUT2D eigenvalue weighted by Gasteiger charge is -2.30. The SMILES string of the molecule is CCCCOc1ccccc1C(=O)N[C@H](C(=O)N[C@@H](CCCNC(=O)C(=O)Nc1ccc(OC)c(C(=O)NNC(=O)C(C)C)c1)C(=O)N[C@@H](Cc1ccccc1)C(=O)N[C@H](C(=O)N[C@H](C(=O)NC)C(C)C)[C@@H](C)CC)C(C)C. The van der Waals surface area contributed by atoms with E-state index in [0.717, 1.165) is 12.8 Å². The van der Waals surface area contributed by atoms with Gasteiger partial charge in [0.1, 0.15) is 41.7 Å². The van der Waals surface area contributed by atoms with Gasteiger partial charge in [0.05, 0.1) is 24.8 Å². The molecule has 426 valence electrons. The van der Waals surface area contributed by atoms with Gasteiger partial charge in [0.2, 0.25) is 35.4 Å². The van der Waals surface area contributed by atoms with E-state index in [2.05, 4.69) is 53.4 Å². The van der Waals surface area contributed by atoms with Crippen molar-refractivity contribution < 1.29 is 57.4 Å². The van der Waals surface area contributed by atoms with Crippen LogP contribution in [0.25, 0.3) is 0 Å². The predicted octanol–water partition coefficient (Wildman–Crippen LogP) is 3.21. The number of methoxy groups -OCH3 is 1. The number of carbonyl (C=O) groups excluding carboxylic acids is 10. The number of para-hydroxylation sites is 1. The third-order valence-electron chi connectivity index (χ3n) is 12.6. The van der Waals surface area contributed by atoms with Crippen molar-refractivity contribution in [3.05, 3.63) is 89.5 Å². The third-order valence-corrected chi connectivity index (χ3v) is 12.6. The number of likely N-dealkylation sites (N-methyl/N-ethyl adjacent to an activating group) is 1. The number of hydrogen-bond acceptors (Lipinski definition) is 12. The molecule has 10 amide bonds. The van der Waals surface area contributed by atoms with Gasteiger partial charge in [0.25, 0.3) is 11.8 Å². The van der Waals surface area contributed by atoms with Gasteiger partial charge in [-0.25, -0.2) is 0 Å². The maximum atomic E-state index is 14.6. The van der Waals surface area contributed by atoms with Crippen molar-refractivity contribution in [1.82, 2.24) is 48.1 Å². The Kier molecular flexibility index (Phi) is 26.8. The first-order valence-electron chi connectivity index (χ1n) is 26.4. The minimum absolute atomic E-state index is 0.0122. The van der Waals surface area contributed by atoms with Crippen LogP contribution in [-0.2, 0) is 44.8 Å². The van der Waals surface area contributed by atoms with Crippen molar-refractivity contribution in [2.24, 2.45) is 23.7 Å². The molecule has 22 heteroatoms. The first kappa shape index (κ1) is 64.2. The summed E-state index contributed by atoms with van der Waals surface area (Å²) in [5.41, 5.74) is 5.40. The van der Waals surface area contributed by atoms with Crippen LogP contribution in [0.2, 0.25) is 0 Å². The van der Waals surface area contributed by atoms with Gasteiger partial charge in [-0.15, -0.1) is 0 Å². The van der Waals surface area contributed by atoms with Crippen molar-refractivity contribution in [3.63, 3.8) is 0 Å². The molecule has 6 atom stereocenters. The largest absolute Gasteiger partial charge is 0.496 e. The number of nitrogens with one attached hydrogen (secondary N) is 10. The number of carbonyl (C=O) groups is 10. The highest BCUT2D eigenvalue weighted by molar-refractivity contribution is 6.39. The van der Waals surface area contributed by atoms with E-state index >= 15 is 0 Å². The zero-order valence-electron chi connectivity index (χ0n) is 46.7. The lowest BCUT2D eigenvalue weighted by molar-refractivity contribution is -0.136. The van der Waals surface area contributed by atoms with Crippen LogP contribution in [0.5, 0.6) is 11.5 Å². The Labute approximate surface area is 457 Å². The average Bonchev–Trinajstić information content (AvgIpc) is 3.42. The molecule has 0 aromatic heterocycles. The minimum Gasteiger partial charge on any atom is -0.496 e. The molecule has 0 saturated carbocycles. The summed E-state index contributed by atoms with van der Waals surface area (Å²) < 4.78 is 11.1. The molecule has 0 bridgehead atoms. The summed E-state index contributed by atoms with van der Waals surface area (Å²) in [6.45, 7) is 16.0. The van der Waals surface area contributed by atoms with Crippen LogP contribution in [0.15, 0.2) is 72.8 Å². The van der Waals surface area contributed by atoms with Crippen molar-refractivity contribution in [2.75, 3.05) is 32.6 Å². The minimum atomic E-state index is -1.40. The fourth-order valence-corrected chi connectivity index (χ4v) is 7.68. The molecule has 0 spiro atoms. The van der Waals surface area contributed by atoms with Gasteiger partial charge < -0.3 is 52.0 Å². The second kappa shape index (κ2) is 32.5. The van der Waals surface area contributed by atoms with Crippen LogP contribution >= 0.6 is 0 Å². The fraction of sp³-hybridized carbons (Fsp3) is 0.500. The summed E-state index contributed by atoms with van der Waals surface area (Å²) in [6, 6.07) is 13.5. The number of anilines is 1. The van der Waals surface area contributed by atoms with Gasteiger partial charge in [-0.1, -0.05) is 118 Å². The summed E-state index contributed by atoms with van der Waals surface area (Å²) in [5.74, 6) is -8.52. The average molecular weight is 1090 g/mol. The summed E-state index contributed by atoms with van der Waals surface area (Å²) in [5, 5.41) is 21.4. The van der Waals surface area contributed by atoms with E-state index < -0.39 is 107 Å². The Morgan fingerprint density at radius 1 is 0.551 bits per heavy atom. The molecule has 0 unspecified atom stereocenters. The molecule has 3 rings (SSSR count). The Morgan fingerprint density at radius 2 is 1.15 bits per heavy atom. The highest BCUT2D eigenvalue weighted by atomic mass is 16.5. The van der Waals surface area contributed by atoms with Crippen molar-refractivity contribution in [3.8, 4) is 11.5 Å². The molecule has 0 radical (unpaired) electrons. The second-order valence-corrected chi connectivity index (χ2v) is 19.8. The molecule has 0 heterocycles. The van der Waals surface area contributed by atoms with Crippen molar-refractivity contribution >= 4 is 64.8 Å². The molecule has 3 aromatic carbocycles. The van der Waals surface area contributed by atoms with E-state index in [1.165, 1.54) is 32.4 Å². The predicted molar refractivity (Wildman–Crippen MR) is 293 cm³/mol. The Hall–Kier alpha value is -8.04. The molecule has 0 aliphatic heterocycles. The van der Waals surface area contributed by atoms with Crippen LogP contribution in [0, 0.1) is 23.7 Å². The molecule has 0 aliphatic carbocycles. The normalized spacial score (nSPS) is 13.3. The molecule has 78 heavy (non-hydrogen) atoms.